The first-order chi connectivity index (χ1) is 16.3. The Morgan fingerprint density at radius 3 is 2.29 bits per heavy atom. The van der Waals surface area contributed by atoms with Crippen molar-refractivity contribution >= 4 is 29.4 Å². The Labute approximate surface area is 201 Å². The number of carbonyl (C=O) groups is 3. The van der Waals surface area contributed by atoms with Crippen molar-refractivity contribution in [3.05, 3.63) is 106 Å². The van der Waals surface area contributed by atoms with Crippen LogP contribution in [-0.2, 0) is 28.1 Å². The normalized spacial score (nSPS) is 17.6. The van der Waals surface area contributed by atoms with Gasteiger partial charge in [-0.1, -0.05) is 78.3 Å². The molecule has 174 valence electrons. The molecular formula is C26H23ClFN3O3. The Morgan fingerprint density at radius 2 is 1.65 bits per heavy atom. The molecule has 6 nitrogen and oxygen atoms in total. The van der Waals surface area contributed by atoms with Crippen LogP contribution >= 0.6 is 11.6 Å². The van der Waals surface area contributed by atoms with E-state index in [9.17, 15) is 18.8 Å². The fourth-order valence-corrected chi connectivity index (χ4v) is 4.30. The van der Waals surface area contributed by atoms with E-state index in [-0.39, 0.29) is 23.6 Å². The zero-order valence-electron chi connectivity index (χ0n) is 18.5. The smallest absolute Gasteiger partial charge is 0.325 e. The van der Waals surface area contributed by atoms with Gasteiger partial charge in [0.2, 0.25) is 5.91 Å². The second-order valence-corrected chi connectivity index (χ2v) is 8.61. The lowest BCUT2D eigenvalue weighted by Gasteiger charge is -2.28. The number of likely N-dealkylation sites (N-methyl/N-ethyl adjacent to an activating group) is 1. The number of carbonyl (C=O) groups excluding carboxylic acids is 3. The van der Waals surface area contributed by atoms with Gasteiger partial charge < -0.3 is 10.2 Å². The number of nitrogens with zero attached hydrogens (tertiary/aromatic N) is 2. The molecule has 0 aliphatic carbocycles. The molecule has 0 aromatic heterocycles. The molecule has 1 N–H and O–H groups in total. The topological polar surface area (TPSA) is 69.7 Å². The summed E-state index contributed by atoms with van der Waals surface area (Å²) in [5, 5.41) is 3.02. The van der Waals surface area contributed by atoms with Gasteiger partial charge in [0.05, 0.1) is 0 Å². The van der Waals surface area contributed by atoms with Crippen LogP contribution in [0.3, 0.4) is 0 Å². The Hall–Kier alpha value is -3.71. The predicted octanol–water partition coefficient (Wildman–Crippen LogP) is 4.13. The number of benzene rings is 3. The molecule has 1 aliphatic heterocycles. The van der Waals surface area contributed by atoms with Gasteiger partial charge in [-0.05, 0) is 23.3 Å². The van der Waals surface area contributed by atoms with Gasteiger partial charge >= 0.3 is 6.03 Å². The largest absolute Gasteiger partial charge is 0.340 e. The molecule has 4 amide bonds. The highest BCUT2D eigenvalue weighted by molar-refractivity contribution is 6.31. The molecule has 0 spiro atoms. The minimum atomic E-state index is -1.34. The maximum atomic E-state index is 14.1. The van der Waals surface area contributed by atoms with Gasteiger partial charge in [-0.3, -0.25) is 14.5 Å². The molecule has 1 unspecified atom stereocenters. The van der Waals surface area contributed by atoms with E-state index in [1.807, 2.05) is 36.4 Å². The molecule has 1 aliphatic rings. The van der Waals surface area contributed by atoms with Crippen molar-refractivity contribution < 1.29 is 18.8 Å². The van der Waals surface area contributed by atoms with E-state index >= 15 is 0 Å². The molecule has 34 heavy (non-hydrogen) atoms. The quantitative estimate of drug-likeness (QED) is 0.518. The van der Waals surface area contributed by atoms with Crippen LogP contribution in [0.15, 0.2) is 78.9 Å². The zero-order chi connectivity index (χ0) is 24.3. The van der Waals surface area contributed by atoms with Crippen LogP contribution in [0.5, 0.6) is 0 Å². The fourth-order valence-electron chi connectivity index (χ4n) is 4.08. The van der Waals surface area contributed by atoms with Crippen LogP contribution in [0.25, 0.3) is 0 Å². The maximum Gasteiger partial charge on any atom is 0.325 e. The highest BCUT2D eigenvalue weighted by Gasteiger charge is 2.52. The molecule has 3 aromatic rings. The van der Waals surface area contributed by atoms with Crippen molar-refractivity contribution in [2.24, 2.45) is 0 Å². The number of halogens is 2. The van der Waals surface area contributed by atoms with E-state index in [2.05, 4.69) is 5.32 Å². The summed E-state index contributed by atoms with van der Waals surface area (Å²) in [6, 6.07) is 21.9. The molecule has 0 saturated carbocycles. The number of urea groups is 1. The summed E-state index contributed by atoms with van der Waals surface area (Å²) in [4.78, 5) is 41.7. The predicted molar refractivity (Wildman–Crippen MR) is 126 cm³/mol. The van der Waals surface area contributed by atoms with Crippen molar-refractivity contribution in [2.75, 3.05) is 13.6 Å². The maximum absolute atomic E-state index is 14.1. The van der Waals surface area contributed by atoms with Crippen LogP contribution in [-0.4, -0.2) is 41.2 Å². The minimum Gasteiger partial charge on any atom is -0.340 e. The first-order valence-corrected chi connectivity index (χ1v) is 11.1. The van der Waals surface area contributed by atoms with Crippen molar-refractivity contribution in [1.82, 2.24) is 15.1 Å². The molecule has 1 atom stereocenters. The van der Waals surface area contributed by atoms with Crippen LogP contribution < -0.4 is 5.32 Å². The lowest BCUT2D eigenvalue weighted by atomic mass is 9.83. The average molecular weight is 480 g/mol. The fraction of sp³-hybridized carbons (Fsp3) is 0.192. The van der Waals surface area contributed by atoms with E-state index < -0.39 is 35.7 Å². The van der Waals surface area contributed by atoms with Gasteiger partial charge in [-0.25, -0.2) is 9.18 Å². The number of amides is 4. The van der Waals surface area contributed by atoms with Crippen molar-refractivity contribution in [3.8, 4) is 0 Å². The Morgan fingerprint density at radius 1 is 1.00 bits per heavy atom. The van der Waals surface area contributed by atoms with Gasteiger partial charge in [0.25, 0.3) is 5.91 Å². The molecule has 8 heteroatoms. The van der Waals surface area contributed by atoms with Gasteiger partial charge in [-0.2, -0.15) is 0 Å². The highest BCUT2D eigenvalue weighted by atomic mass is 35.5. The number of hydrogen-bond donors (Lipinski definition) is 1. The van der Waals surface area contributed by atoms with Crippen LogP contribution in [0.1, 0.15) is 16.7 Å². The van der Waals surface area contributed by atoms with Crippen molar-refractivity contribution in [1.29, 1.82) is 0 Å². The monoisotopic (exact) mass is 479 g/mol. The standard InChI is InChI=1S/C26H23ClFN3O3/c1-30(16-20-21(27)13-8-14-22(20)28)23(32)17-31-24(33)26(29-25(31)34,19-11-6-3-7-12-19)15-18-9-4-2-5-10-18/h2-14H,15-17H2,1H3,(H,29,34). The van der Waals surface area contributed by atoms with E-state index in [0.717, 1.165) is 10.5 Å². The first kappa shape index (κ1) is 23.4. The number of imide groups is 1. The molecule has 1 heterocycles. The Balaban J connectivity index is 1.58. The summed E-state index contributed by atoms with van der Waals surface area (Å²) in [7, 11) is 1.47. The van der Waals surface area contributed by atoms with Crippen LogP contribution in [0.4, 0.5) is 9.18 Å². The van der Waals surface area contributed by atoms with Gasteiger partial charge in [0.1, 0.15) is 12.4 Å². The SMILES string of the molecule is CN(Cc1c(F)cccc1Cl)C(=O)CN1C(=O)NC(Cc2ccccc2)(c2ccccc2)C1=O. The minimum absolute atomic E-state index is 0.0954. The van der Waals surface area contributed by atoms with E-state index in [0.29, 0.717) is 5.56 Å². The average Bonchev–Trinajstić information content (AvgIpc) is 3.07. The van der Waals surface area contributed by atoms with Gasteiger partial charge in [-0.15, -0.1) is 0 Å². The lowest BCUT2D eigenvalue weighted by Crippen LogP contribution is -2.47. The summed E-state index contributed by atoms with van der Waals surface area (Å²) in [5.41, 5.74) is 0.311. The number of hydrogen-bond acceptors (Lipinski definition) is 3. The van der Waals surface area contributed by atoms with Gasteiger partial charge in [0, 0.05) is 30.6 Å². The molecule has 4 rings (SSSR count). The lowest BCUT2D eigenvalue weighted by molar-refractivity contribution is -0.138. The van der Waals surface area contributed by atoms with Crippen molar-refractivity contribution in [2.45, 2.75) is 18.5 Å². The second-order valence-electron chi connectivity index (χ2n) is 8.21. The van der Waals surface area contributed by atoms with Crippen LogP contribution in [0.2, 0.25) is 5.02 Å². The summed E-state index contributed by atoms with van der Waals surface area (Å²) < 4.78 is 14.1. The molecule has 0 radical (unpaired) electrons. The van der Waals surface area contributed by atoms with E-state index in [4.69, 9.17) is 11.6 Å². The summed E-state index contributed by atoms with van der Waals surface area (Å²) in [5.74, 6) is -1.57. The number of nitrogens with one attached hydrogen (secondary N) is 1. The first-order valence-electron chi connectivity index (χ1n) is 10.7. The molecule has 0 bridgehead atoms. The Bertz CT molecular complexity index is 1200. The highest BCUT2D eigenvalue weighted by Crippen LogP contribution is 2.33. The van der Waals surface area contributed by atoms with Crippen LogP contribution in [0, 0.1) is 5.82 Å². The molecule has 1 fully saturated rings. The summed E-state index contributed by atoms with van der Waals surface area (Å²) in [6.45, 7) is -0.571. The zero-order valence-corrected chi connectivity index (χ0v) is 19.3. The van der Waals surface area contributed by atoms with E-state index in [1.54, 1.807) is 24.3 Å². The summed E-state index contributed by atoms with van der Waals surface area (Å²) in [6.07, 6.45) is 0.230. The van der Waals surface area contributed by atoms with E-state index in [1.165, 1.54) is 30.1 Å². The number of rotatable bonds is 7. The van der Waals surface area contributed by atoms with Crippen molar-refractivity contribution in [3.63, 3.8) is 0 Å². The Kier molecular flexibility index (Phi) is 6.65. The molecule has 1 saturated heterocycles. The second kappa shape index (κ2) is 9.65. The third-order valence-electron chi connectivity index (χ3n) is 5.93. The third-order valence-corrected chi connectivity index (χ3v) is 6.28. The third kappa shape index (κ3) is 4.52. The molecular weight excluding hydrogens is 457 g/mol. The summed E-state index contributed by atoms with van der Waals surface area (Å²) >= 11 is 6.07. The molecule has 3 aromatic carbocycles. The van der Waals surface area contributed by atoms with Gasteiger partial charge in [0.15, 0.2) is 5.54 Å².